The minimum absolute atomic E-state index is 0.0490. The van der Waals surface area contributed by atoms with Crippen molar-refractivity contribution >= 4 is 5.91 Å². The zero-order valence-corrected chi connectivity index (χ0v) is 12.0. The van der Waals surface area contributed by atoms with Gasteiger partial charge in [-0.2, -0.15) is 0 Å². The summed E-state index contributed by atoms with van der Waals surface area (Å²) in [5, 5.41) is 9.76. The molecule has 5 heteroatoms. The van der Waals surface area contributed by atoms with E-state index in [4.69, 9.17) is 5.73 Å². The van der Waals surface area contributed by atoms with Crippen molar-refractivity contribution < 1.29 is 9.90 Å². The Kier molecular flexibility index (Phi) is 5.13. The number of nitrogens with two attached hydrogens (primary N) is 1. The molecular weight excluding hydrogens is 230 g/mol. The maximum absolute atomic E-state index is 12.1. The Hall–Kier alpha value is -0.650. The predicted molar refractivity (Wildman–Crippen MR) is 72.1 cm³/mol. The number of carbonyl (C=O) groups is 1. The van der Waals surface area contributed by atoms with Crippen LogP contribution in [-0.2, 0) is 4.79 Å². The zero-order chi connectivity index (χ0) is 13.9. The second-order valence-corrected chi connectivity index (χ2v) is 6.18. The van der Waals surface area contributed by atoms with Crippen molar-refractivity contribution in [2.75, 3.05) is 32.7 Å². The van der Waals surface area contributed by atoms with Gasteiger partial charge in [0.2, 0.25) is 5.91 Å². The summed E-state index contributed by atoms with van der Waals surface area (Å²) in [6.45, 7) is 11.2. The number of piperazine rings is 1. The molecule has 0 spiro atoms. The minimum Gasteiger partial charge on any atom is -0.389 e. The van der Waals surface area contributed by atoms with Gasteiger partial charge in [0.25, 0.3) is 0 Å². The van der Waals surface area contributed by atoms with Crippen LogP contribution < -0.4 is 5.73 Å². The van der Waals surface area contributed by atoms with Crippen LogP contribution >= 0.6 is 0 Å². The molecule has 5 nitrogen and oxygen atoms in total. The normalized spacial score (nSPS) is 20.3. The number of β-amino-alcohol motifs (C(OH)–C–C–N with tert-alkyl or cyclic N) is 1. The van der Waals surface area contributed by atoms with Gasteiger partial charge in [0, 0.05) is 32.7 Å². The Morgan fingerprint density at radius 2 is 1.78 bits per heavy atom. The van der Waals surface area contributed by atoms with E-state index >= 15 is 0 Å². The Labute approximate surface area is 110 Å². The van der Waals surface area contributed by atoms with Gasteiger partial charge in [-0.25, -0.2) is 0 Å². The van der Waals surface area contributed by atoms with E-state index in [1.54, 1.807) is 13.8 Å². The summed E-state index contributed by atoms with van der Waals surface area (Å²) in [6, 6.07) is -0.397. The third-order valence-electron chi connectivity index (χ3n) is 3.30. The lowest BCUT2D eigenvalue weighted by Gasteiger charge is -2.38. The summed E-state index contributed by atoms with van der Waals surface area (Å²) in [6.07, 6.45) is 0. The molecule has 106 valence electrons. The summed E-state index contributed by atoms with van der Waals surface area (Å²) < 4.78 is 0. The van der Waals surface area contributed by atoms with Gasteiger partial charge >= 0.3 is 0 Å². The number of carbonyl (C=O) groups excluding carboxylic acids is 1. The molecular formula is C13H27N3O2. The van der Waals surface area contributed by atoms with Crippen molar-refractivity contribution in [3.8, 4) is 0 Å². The predicted octanol–water partition coefficient (Wildman–Crippen LogP) is -0.115. The van der Waals surface area contributed by atoms with Gasteiger partial charge in [-0.05, 0) is 19.8 Å². The fourth-order valence-electron chi connectivity index (χ4n) is 2.17. The van der Waals surface area contributed by atoms with Crippen LogP contribution in [0, 0.1) is 5.92 Å². The van der Waals surface area contributed by atoms with Gasteiger partial charge in [-0.1, -0.05) is 13.8 Å². The standard InChI is InChI=1S/C13H27N3O2/c1-10(2)11(14)12(17)16-7-5-15(6-8-16)9-13(3,4)18/h10-11,18H,5-9,14H2,1-4H3. The third kappa shape index (κ3) is 4.55. The largest absolute Gasteiger partial charge is 0.389 e. The number of rotatable bonds is 4. The monoisotopic (exact) mass is 257 g/mol. The molecule has 0 bridgehead atoms. The Bertz CT molecular complexity index is 278. The van der Waals surface area contributed by atoms with Gasteiger partial charge in [0.1, 0.15) is 0 Å². The summed E-state index contributed by atoms with van der Waals surface area (Å²) >= 11 is 0. The van der Waals surface area contributed by atoms with Crippen LogP contribution in [0.2, 0.25) is 0 Å². The van der Waals surface area contributed by atoms with Crippen LogP contribution in [0.1, 0.15) is 27.7 Å². The lowest BCUT2D eigenvalue weighted by molar-refractivity contribution is -0.135. The van der Waals surface area contributed by atoms with Crippen molar-refractivity contribution in [1.29, 1.82) is 0 Å². The molecule has 1 aliphatic rings. The second kappa shape index (κ2) is 5.99. The molecule has 0 aromatic carbocycles. The van der Waals surface area contributed by atoms with E-state index in [2.05, 4.69) is 4.90 Å². The molecule has 1 fully saturated rings. The molecule has 1 unspecified atom stereocenters. The second-order valence-electron chi connectivity index (χ2n) is 6.18. The van der Waals surface area contributed by atoms with Gasteiger partial charge in [-0.15, -0.1) is 0 Å². The topological polar surface area (TPSA) is 69.8 Å². The maximum Gasteiger partial charge on any atom is 0.239 e. The van der Waals surface area contributed by atoms with E-state index < -0.39 is 11.6 Å². The lowest BCUT2D eigenvalue weighted by atomic mass is 10.0. The molecule has 3 N–H and O–H groups in total. The summed E-state index contributed by atoms with van der Waals surface area (Å²) in [7, 11) is 0. The molecule has 0 saturated carbocycles. The highest BCUT2D eigenvalue weighted by Crippen LogP contribution is 2.11. The molecule has 18 heavy (non-hydrogen) atoms. The van der Waals surface area contributed by atoms with Crippen molar-refractivity contribution in [3.05, 3.63) is 0 Å². The van der Waals surface area contributed by atoms with Crippen molar-refractivity contribution in [2.45, 2.75) is 39.3 Å². The molecule has 0 aromatic rings. The van der Waals surface area contributed by atoms with Gasteiger partial charge in [0.05, 0.1) is 11.6 Å². The van der Waals surface area contributed by atoms with Crippen molar-refractivity contribution in [3.63, 3.8) is 0 Å². The van der Waals surface area contributed by atoms with Crippen LogP contribution in [0.3, 0.4) is 0 Å². The fraction of sp³-hybridized carbons (Fsp3) is 0.923. The number of hydrogen-bond donors (Lipinski definition) is 2. The number of nitrogens with zero attached hydrogens (tertiary/aromatic N) is 2. The first-order chi connectivity index (χ1) is 8.20. The number of aliphatic hydroxyl groups is 1. The highest BCUT2D eigenvalue weighted by molar-refractivity contribution is 5.82. The molecule has 1 heterocycles. The molecule has 1 saturated heterocycles. The van der Waals surface area contributed by atoms with Crippen molar-refractivity contribution in [1.82, 2.24) is 9.80 Å². The Morgan fingerprint density at radius 3 is 2.17 bits per heavy atom. The highest BCUT2D eigenvalue weighted by Gasteiger charge is 2.28. The smallest absolute Gasteiger partial charge is 0.239 e. The number of hydrogen-bond acceptors (Lipinski definition) is 4. The number of amides is 1. The van der Waals surface area contributed by atoms with E-state index in [-0.39, 0.29) is 11.8 Å². The summed E-state index contributed by atoms with van der Waals surface area (Å²) in [4.78, 5) is 16.1. The first-order valence-electron chi connectivity index (χ1n) is 6.70. The first-order valence-corrected chi connectivity index (χ1v) is 6.70. The van der Waals surface area contributed by atoms with E-state index in [9.17, 15) is 9.90 Å². The van der Waals surface area contributed by atoms with Gasteiger partial charge in [-0.3, -0.25) is 9.69 Å². The quantitative estimate of drug-likeness (QED) is 0.737. The van der Waals surface area contributed by atoms with E-state index in [1.165, 1.54) is 0 Å². The maximum atomic E-state index is 12.1. The van der Waals surface area contributed by atoms with Gasteiger partial charge < -0.3 is 15.7 Å². The molecule has 1 rings (SSSR count). The molecule has 0 aromatic heterocycles. The molecule has 1 amide bonds. The zero-order valence-electron chi connectivity index (χ0n) is 12.0. The van der Waals surface area contributed by atoms with Crippen LogP contribution in [-0.4, -0.2) is 65.2 Å². The highest BCUT2D eigenvalue weighted by atomic mass is 16.3. The lowest BCUT2D eigenvalue weighted by Crippen LogP contribution is -2.55. The molecule has 0 aliphatic carbocycles. The fourth-order valence-corrected chi connectivity index (χ4v) is 2.17. The van der Waals surface area contributed by atoms with E-state index in [0.29, 0.717) is 19.6 Å². The van der Waals surface area contributed by atoms with E-state index in [1.807, 2.05) is 18.7 Å². The summed E-state index contributed by atoms with van der Waals surface area (Å²) in [5.74, 6) is 0.222. The van der Waals surface area contributed by atoms with Crippen LogP contribution in [0.15, 0.2) is 0 Å². The average molecular weight is 257 g/mol. The minimum atomic E-state index is -0.680. The van der Waals surface area contributed by atoms with Crippen LogP contribution in [0.25, 0.3) is 0 Å². The third-order valence-corrected chi connectivity index (χ3v) is 3.30. The van der Waals surface area contributed by atoms with Crippen molar-refractivity contribution in [2.24, 2.45) is 11.7 Å². The van der Waals surface area contributed by atoms with Crippen LogP contribution in [0.4, 0.5) is 0 Å². The summed E-state index contributed by atoms with van der Waals surface area (Å²) in [5.41, 5.74) is 5.20. The molecule has 0 radical (unpaired) electrons. The SMILES string of the molecule is CC(C)C(N)C(=O)N1CCN(CC(C)(C)O)CC1. The van der Waals surface area contributed by atoms with E-state index in [0.717, 1.165) is 13.1 Å². The first kappa shape index (κ1) is 15.4. The average Bonchev–Trinajstić information content (AvgIpc) is 2.26. The molecule has 1 aliphatic heterocycles. The Morgan fingerprint density at radius 1 is 1.28 bits per heavy atom. The van der Waals surface area contributed by atoms with Crippen LogP contribution in [0.5, 0.6) is 0 Å². The Balaban J connectivity index is 2.42. The molecule has 1 atom stereocenters. The van der Waals surface area contributed by atoms with Gasteiger partial charge in [0.15, 0.2) is 0 Å².